The van der Waals surface area contributed by atoms with Crippen LogP contribution < -0.4 is 9.91 Å². The number of hydrogen-bond acceptors (Lipinski definition) is 9. The quantitative estimate of drug-likeness (QED) is 0.514. The number of hydrogen-bond donors (Lipinski definition) is 0. The molecule has 2 aromatic heterocycles. The topological polar surface area (TPSA) is 92.5 Å². The summed E-state index contributed by atoms with van der Waals surface area (Å²) in [5.41, 5.74) is 3.14. The van der Waals surface area contributed by atoms with Gasteiger partial charge in [-0.05, 0) is 30.7 Å². The van der Waals surface area contributed by atoms with Gasteiger partial charge in [-0.15, -0.1) is 11.3 Å². The minimum Gasteiger partial charge on any atom is -0.346 e. The molecule has 0 radical (unpaired) electrons. The molecule has 1 amide bonds. The maximum absolute atomic E-state index is 13.6. The van der Waals surface area contributed by atoms with Crippen LogP contribution in [-0.2, 0) is 0 Å². The van der Waals surface area contributed by atoms with Gasteiger partial charge < -0.3 is 9.80 Å². The average molecular weight is 515 g/mol. The molecule has 0 bridgehead atoms. The predicted molar refractivity (Wildman–Crippen MR) is 146 cm³/mol. The van der Waals surface area contributed by atoms with Crippen LogP contribution in [0.1, 0.15) is 42.5 Å². The molecule has 0 unspecified atom stereocenters. The number of rotatable bonds is 4. The molecule has 1 aromatic carbocycles. The maximum Gasteiger partial charge on any atom is 0.276 e. The van der Waals surface area contributed by atoms with Crippen LogP contribution in [0.5, 0.6) is 0 Å². The van der Waals surface area contributed by atoms with E-state index in [2.05, 4.69) is 53.0 Å². The second kappa shape index (κ2) is 9.92. The Bertz CT molecular complexity index is 1360. The Morgan fingerprint density at radius 1 is 1.11 bits per heavy atom. The highest BCUT2D eigenvalue weighted by atomic mass is 32.1. The number of carbonyl (C=O) groups is 1. The third kappa shape index (κ3) is 5.33. The van der Waals surface area contributed by atoms with Crippen molar-refractivity contribution in [3.8, 4) is 17.3 Å². The van der Waals surface area contributed by atoms with E-state index >= 15 is 0 Å². The summed E-state index contributed by atoms with van der Waals surface area (Å²) in [6, 6.07) is 9.60. The number of amides is 1. The number of benzene rings is 1. The Morgan fingerprint density at radius 3 is 2.51 bits per heavy atom. The number of nitrogens with zero attached hydrogens (tertiary/aromatic N) is 8. The molecule has 10 heteroatoms. The van der Waals surface area contributed by atoms with Gasteiger partial charge in [0.25, 0.3) is 5.91 Å². The summed E-state index contributed by atoms with van der Waals surface area (Å²) in [5.74, 6) is 0.318. The Morgan fingerprint density at radius 2 is 1.84 bits per heavy atom. The van der Waals surface area contributed by atoms with Crippen LogP contribution in [-0.4, -0.2) is 70.5 Å². The Kier molecular flexibility index (Phi) is 6.67. The van der Waals surface area contributed by atoms with Gasteiger partial charge in [-0.2, -0.15) is 5.26 Å². The number of likely N-dealkylation sites (N-methyl/N-ethyl adjacent to an activating group) is 1. The molecule has 0 spiro atoms. The van der Waals surface area contributed by atoms with Gasteiger partial charge >= 0.3 is 0 Å². The molecule has 4 heterocycles. The summed E-state index contributed by atoms with van der Waals surface area (Å²) in [6.07, 6.45) is 4.92. The van der Waals surface area contributed by atoms with Crippen molar-refractivity contribution in [1.29, 1.82) is 5.26 Å². The second-order valence-corrected chi connectivity index (χ2v) is 11.4. The van der Waals surface area contributed by atoms with Crippen molar-refractivity contribution in [2.75, 3.05) is 49.7 Å². The van der Waals surface area contributed by atoms with Crippen LogP contribution in [0.3, 0.4) is 0 Å². The third-order valence-corrected chi connectivity index (χ3v) is 7.20. The van der Waals surface area contributed by atoms with Crippen LogP contribution in [0.25, 0.3) is 17.3 Å². The lowest BCUT2D eigenvalue weighted by Crippen LogP contribution is -2.49. The molecule has 2 aliphatic rings. The van der Waals surface area contributed by atoms with Gasteiger partial charge in [-0.1, -0.05) is 32.9 Å². The van der Waals surface area contributed by atoms with Gasteiger partial charge in [-0.25, -0.2) is 20.0 Å². The Hall–Kier alpha value is -3.81. The van der Waals surface area contributed by atoms with E-state index in [9.17, 15) is 10.1 Å². The van der Waals surface area contributed by atoms with E-state index in [0.29, 0.717) is 23.6 Å². The first-order valence-electron chi connectivity index (χ1n) is 12.3. The summed E-state index contributed by atoms with van der Waals surface area (Å²) in [4.78, 5) is 32.0. The lowest BCUT2D eigenvalue weighted by Gasteiger charge is -2.39. The molecule has 190 valence electrons. The first-order valence-corrected chi connectivity index (χ1v) is 13.2. The average Bonchev–Trinajstić information content (AvgIpc) is 3.38. The molecule has 0 aliphatic carbocycles. The van der Waals surface area contributed by atoms with Gasteiger partial charge in [-0.3, -0.25) is 9.80 Å². The number of hydrazine groups is 1. The van der Waals surface area contributed by atoms with E-state index < -0.39 is 0 Å². The zero-order valence-electron chi connectivity index (χ0n) is 21.5. The lowest BCUT2D eigenvalue weighted by molar-refractivity contribution is 0.0794. The Labute approximate surface area is 221 Å². The molecule has 9 nitrogen and oxygen atoms in total. The smallest absolute Gasteiger partial charge is 0.276 e. The molecule has 0 N–H and O–H groups in total. The van der Waals surface area contributed by atoms with Gasteiger partial charge in [0.05, 0.1) is 11.9 Å². The van der Waals surface area contributed by atoms with E-state index in [4.69, 9.17) is 4.98 Å². The van der Waals surface area contributed by atoms with E-state index in [1.54, 1.807) is 28.6 Å². The third-order valence-electron chi connectivity index (χ3n) is 6.30. The number of carbonyl (C=O) groups excluding carboxylic acids is 1. The molecule has 5 rings (SSSR count). The predicted octanol–water partition coefficient (Wildman–Crippen LogP) is 4.12. The van der Waals surface area contributed by atoms with Crippen molar-refractivity contribution in [3.63, 3.8) is 0 Å². The molecule has 0 saturated carbocycles. The van der Waals surface area contributed by atoms with Crippen molar-refractivity contribution in [3.05, 3.63) is 59.0 Å². The van der Waals surface area contributed by atoms with Crippen LogP contribution >= 0.6 is 11.3 Å². The van der Waals surface area contributed by atoms with E-state index in [0.717, 1.165) is 42.6 Å². The zero-order valence-corrected chi connectivity index (χ0v) is 22.4. The number of fused-ring (bicyclic) bond motifs is 1. The molecule has 2 aliphatic heterocycles. The highest BCUT2D eigenvalue weighted by Crippen LogP contribution is 2.31. The molecule has 3 aromatic rings. The number of nitriles is 1. The molecule has 1 fully saturated rings. The second-order valence-electron chi connectivity index (χ2n) is 10.5. The van der Waals surface area contributed by atoms with Crippen LogP contribution in [0.4, 0.5) is 10.9 Å². The standard InChI is InChI=1S/C27H30N8OS/c1-27(2,3)18-35-24-22(29-16-21(15-28)30-24)9-10-34(35)25(36)20-7-5-19(6-8-20)23-17-37-26(31-23)33-13-11-32(4)12-14-33/h5-10,16-17H,11-14,18H2,1-4H3. The first-order chi connectivity index (χ1) is 17.7. The fraction of sp³-hybridized carbons (Fsp3) is 0.370. The van der Waals surface area contributed by atoms with Crippen molar-refractivity contribution in [1.82, 2.24) is 24.9 Å². The molecular formula is C27H30N8OS. The van der Waals surface area contributed by atoms with Gasteiger partial charge in [0.2, 0.25) is 0 Å². The lowest BCUT2D eigenvalue weighted by atomic mass is 9.96. The minimum absolute atomic E-state index is 0.138. The molecule has 1 saturated heterocycles. The van der Waals surface area contributed by atoms with Gasteiger partial charge in [0.15, 0.2) is 16.6 Å². The van der Waals surface area contributed by atoms with Crippen molar-refractivity contribution >= 4 is 34.3 Å². The van der Waals surface area contributed by atoms with Gasteiger partial charge in [0.1, 0.15) is 11.8 Å². The number of anilines is 2. The summed E-state index contributed by atoms with van der Waals surface area (Å²) in [5, 5.41) is 15.8. The SMILES string of the molecule is CN1CCN(c2nc(-c3ccc(C(=O)N4C=Cc5ncc(C#N)nc5N4CC(C)(C)C)cc3)cs2)CC1. The van der Waals surface area contributed by atoms with E-state index in [1.807, 2.05) is 35.3 Å². The zero-order chi connectivity index (χ0) is 26.2. The monoisotopic (exact) mass is 514 g/mol. The maximum atomic E-state index is 13.6. The first kappa shape index (κ1) is 24.9. The van der Waals surface area contributed by atoms with Crippen molar-refractivity contribution in [2.45, 2.75) is 20.8 Å². The summed E-state index contributed by atoms with van der Waals surface area (Å²) < 4.78 is 0. The summed E-state index contributed by atoms with van der Waals surface area (Å²) >= 11 is 1.66. The van der Waals surface area contributed by atoms with Crippen molar-refractivity contribution in [2.24, 2.45) is 5.41 Å². The number of piperazine rings is 1. The molecular weight excluding hydrogens is 484 g/mol. The van der Waals surface area contributed by atoms with E-state index in [-0.39, 0.29) is 17.0 Å². The number of thiazole rings is 1. The normalized spacial score (nSPS) is 16.0. The fourth-order valence-corrected chi connectivity index (χ4v) is 5.20. The van der Waals surface area contributed by atoms with Crippen LogP contribution in [0, 0.1) is 16.7 Å². The van der Waals surface area contributed by atoms with Crippen LogP contribution in [0.2, 0.25) is 0 Å². The largest absolute Gasteiger partial charge is 0.346 e. The minimum atomic E-state index is -0.182. The Balaban J connectivity index is 1.37. The molecule has 0 atom stereocenters. The summed E-state index contributed by atoms with van der Waals surface area (Å²) in [7, 11) is 2.14. The highest BCUT2D eigenvalue weighted by molar-refractivity contribution is 7.14. The van der Waals surface area contributed by atoms with E-state index in [1.165, 1.54) is 6.20 Å². The summed E-state index contributed by atoms with van der Waals surface area (Å²) in [6.45, 7) is 10.8. The number of aromatic nitrogens is 3. The van der Waals surface area contributed by atoms with Gasteiger partial charge in [0, 0.05) is 55.4 Å². The fourth-order valence-electron chi connectivity index (χ4n) is 4.31. The molecule has 37 heavy (non-hydrogen) atoms. The van der Waals surface area contributed by atoms with Crippen LogP contribution in [0.15, 0.2) is 42.0 Å². The van der Waals surface area contributed by atoms with Crippen molar-refractivity contribution < 1.29 is 4.79 Å². The highest BCUT2D eigenvalue weighted by Gasteiger charge is 2.31.